The standard InChI is InChI=1S/C12H25NO5/c1-2-4-13-5-7-17-9-11-18-10-8-16-6-3-12(14)15/h13H,2-11H2,1H3,(H,14,15). The molecule has 6 nitrogen and oxygen atoms in total. The Morgan fingerprint density at radius 3 is 2.06 bits per heavy atom. The van der Waals surface area contributed by atoms with Crippen molar-refractivity contribution in [3.05, 3.63) is 0 Å². The minimum Gasteiger partial charge on any atom is -0.481 e. The smallest absolute Gasteiger partial charge is 0.305 e. The quantitative estimate of drug-likeness (QED) is 0.445. The fourth-order valence-electron chi connectivity index (χ4n) is 1.15. The van der Waals surface area contributed by atoms with Crippen molar-refractivity contribution >= 4 is 5.97 Å². The lowest BCUT2D eigenvalue weighted by Crippen LogP contribution is -2.21. The van der Waals surface area contributed by atoms with Crippen LogP contribution in [0, 0.1) is 0 Å². The van der Waals surface area contributed by atoms with Crippen LogP contribution in [0.25, 0.3) is 0 Å². The van der Waals surface area contributed by atoms with Gasteiger partial charge < -0.3 is 24.6 Å². The lowest BCUT2D eigenvalue weighted by atomic mass is 10.5. The van der Waals surface area contributed by atoms with E-state index in [1.54, 1.807) is 0 Å². The summed E-state index contributed by atoms with van der Waals surface area (Å²) >= 11 is 0. The highest BCUT2D eigenvalue weighted by molar-refractivity contribution is 5.66. The summed E-state index contributed by atoms with van der Waals surface area (Å²) in [6.07, 6.45) is 1.17. The van der Waals surface area contributed by atoms with Gasteiger partial charge in [-0.05, 0) is 13.0 Å². The number of hydrogen-bond acceptors (Lipinski definition) is 5. The van der Waals surface area contributed by atoms with E-state index in [1.165, 1.54) is 0 Å². The molecular formula is C12H25NO5. The van der Waals surface area contributed by atoms with E-state index >= 15 is 0 Å². The molecule has 0 aliphatic heterocycles. The fourth-order valence-corrected chi connectivity index (χ4v) is 1.15. The number of carbonyl (C=O) groups is 1. The summed E-state index contributed by atoms with van der Waals surface area (Å²) in [6, 6.07) is 0. The molecule has 0 bridgehead atoms. The van der Waals surface area contributed by atoms with Crippen molar-refractivity contribution in [2.24, 2.45) is 0 Å². The molecule has 0 heterocycles. The molecule has 2 N–H and O–H groups in total. The molecule has 0 aliphatic rings. The average molecular weight is 263 g/mol. The number of hydrogen-bond donors (Lipinski definition) is 2. The van der Waals surface area contributed by atoms with Crippen molar-refractivity contribution in [3.8, 4) is 0 Å². The van der Waals surface area contributed by atoms with Crippen LogP contribution in [0.4, 0.5) is 0 Å². The first-order valence-electron chi connectivity index (χ1n) is 6.43. The molecule has 0 atom stereocenters. The van der Waals surface area contributed by atoms with Gasteiger partial charge in [-0.1, -0.05) is 6.92 Å². The lowest BCUT2D eigenvalue weighted by molar-refractivity contribution is -0.138. The minimum absolute atomic E-state index is 0.0356. The molecule has 0 rings (SSSR count). The molecule has 0 fully saturated rings. The Hall–Kier alpha value is -0.690. The summed E-state index contributed by atoms with van der Waals surface area (Å²) < 4.78 is 15.6. The number of nitrogens with one attached hydrogen (secondary N) is 1. The minimum atomic E-state index is -0.846. The van der Waals surface area contributed by atoms with Crippen LogP contribution < -0.4 is 5.32 Å². The summed E-state index contributed by atoms with van der Waals surface area (Å²) in [5, 5.41) is 11.6. The molecule has 0 aliphatic carbocycles. The van der Waals surface area contributed by atoms with E-state index in [-0.39, 0.29) is 13.0 Å². The van der Waals surface area contributed by atoms with Gasteiger partial charge in [-0.25, -0.2) is 0 Å². The molecule has 0 aromatic carbocycles. The van der Waals surface area contributed by atoms with Gasteiger partial charge in [0.05, 0.1) is 46.1 Å². The molecule has 0 saturated carbocycles. The second kappa shape index (κ2) is 14.4. The SMILES string of the molecule is CCCNCCOCCOCCOCCC(=O)O. The van der Waals surface area contributed by atoms with Crippen LogP contribution >= 0.6 is 0 Å². The molecule has 0 aromatic heterocycles. The molecule has 108 valence electrons. The monoisotopic (exact) mass is 263 g/mol. The van der Waals surface area contributed by atoms with E-state index in [0.29, 0.717) is 33.0 Å². The van der Waals surface area contributed by atoms with Gasteiger partial charge in [-0.2, -0.15) is 0 Å². The van der Waals surface area contributed by atoms with Gasteiger partial charge in [0, 0.05) is 6.54 Å². The van der Waals surface area contributed by atoms with Crippen LogP contribution in [0.3, 0.4) is 0 Å². The first-order chi connectivity index (χ1) is 8.77. The summed E-state index contributed by atoms with van der Waals surface area (Å²) in [7, 11) is 0. The largest absolute Gasteiger partial charge is 0.481 e. The van der Waals surface area contributed by atoms with Crippen molar-refractivity contribution in [2.45, 2.75) is 19.8 Å². The van der Waals surface area contributed by atoms with E-state index in [1.807, 2.05) is 0 Å². The summed E-state index contributed by atoms with van der Waals surface area (Å²) in [6.45, 7) is 6.94. The van der Waals surface area contributed by atoms with Crippen LogP contribution in [-0.4, -0.2) is 63.8 Å². The topological polar surface area (TPSA) is 77.0 Å². The van der Waals surface area contributed by atoms with Crippen molar-refractivity contribution in [3.63, 3.8) is 0 Å². The first-order valence-corrected chi connectivity index (χ1v) is 6.43. The predicted octanol–water partition coefficient (Wildman–Crippen LogP) is 0.511. The zero-order valence-corrected chi connectivity index (χ0v) is 11.2. The Kier molecular flexibility index (Phi) is 13.8. The predicted molar refractivity (Wildman–Crippen MR) is 67.9 cm³/mol. The summed E-state index contributed by atoms with van der Waals surface area (Å²) in [4.78, 5) is 10.2. The third-order valence-electron chi connectivity index (χ3n) is 2.05. The van der Waals surface area contributed by atoms with Gasteiger partial charge in [0.25, 0.3) is 0 Å². The second-order valence-corrected chi connectivity index (χ2v) is 3.73. The third-order valence-corrected chi connectivity index (χ3v) is 2.05. The second-order valence-electron chi connectivity index (χ2n) is 3.73. The van der Waals surface area contributed by atoms with Gasteiger partial charge in [0.2, 0.25) is 0 Å². The molecule has 0 saturated heterocycles. The van der Waals surface area contributed by atoms with E-state index in [2.05, 4.69) is 12.2 Å². The Balaban J connectivity index is 2.92. The Bertz CT molecular complexity index is 189. The Morgan fingerprint density at radius 1 is 0.944 bits per heavy atom. The van der Waals surface area contributed by atoms with E-state index in [0.717, 1.165) is 19.5 Å². The van der Waals surface area contributed by atoms with Gasteiger partial charge in [-0.3, -0.25) is 4.79 Å². The average Bonchev–Trinajstić information content (AvgIpc) is 2.34. The highest BCUT2D eigenvalue weighted by Gasteiger charge is 1.96. The highest BCUT2D eigenvalue weighted by atomic mass is 16.5. The van der Waals surface area contributed by atoms with E-state index < -0.39 is 5.97 Å². The van der Waals surface area contributed by atoms with E-state index in [4.69, 9.17) is 19.3 Å². The summed E-state index contributed by atoms with van der Waals surface area (Å²) in [5.41, 5.74) is 0. The number of carboxylic acids is 1. The molecule has 0 radical (unpaired) electrons. The summed E-state index contributed by atoms with van der Waals surface area (Å²) in [5.74, 6) is -0.846. The van der Waals surface area contributed by atoms with Crippen molar-refractivity contribution in [2.75, 3.05) is 52.7 Å². The number of carboxylic acid groups (broad SMARTS) is 1. The molecule has 0 unspecified atom stereocenters. The van der Waals surface area contributed by atoms with Crippen molar-refractivity contribution < 1.29 is 24.1 Å². The normalized spacial score (nSPS) is 10.7. The molecule has 18 heavy (non-hydrogen) atoms. The number of aliphatic carboxylic acids is 1. The highest BCUT2D eigenvalue weighted by Crippen LogP contribution is 1.84. The lowest BCUT2D eigenvalue weighted by Gasteiger charge is -2.06. The number of ether oxygens (including phenoxy) is 3. The molecule has 6 heteroatoms. The molecular weight excluding hydrogens is 238 g/mol. The molecule has 0 amide bonds. The van der Waals surface area contributed by atoms with Crippen molar-refractivity contribution in [1.29, 1.82) is 0 Å². The van der Waals surface area contributed by atoms with E-state index in [9.17, 15) is 4.79 Å². The molecule has 0 aromatic rings. The van der Waals surface area contributed by atoms with Gasteiger partial charge in [0.15, 0.2) is 0 Å². The van der Waals surface area contributed by atoms with Crippen molar-refractivity contribution in [1.82, 2.24) is 5.32 Å². The van der Waals surface area contributed by atoms with Crippen LogP contribution in [0.1, 0.15) is 19.8 Å². The van der Waals surface area contributed by atoms with Gasteiger partial charge in [0.1, 0.15) is 0 Å². The van der Waals surface area contributed by atoms with Crippen LogP contribution in [0.15, 0.2) is 0 Å². The van der Waals surface area contributed by atoms with Gasteiger partial charge in [-0.15, -0.1) is 0 Å². The van der Waals surface area contributed by atoms with Crippen LogP contribution in [0.5, 0.6) is 0 Å². The Morgan fingerprint density at radius 2 is 1.50 bits per heavy atom. The third kappa shape index (κ3) is 15.3. The zero-order valence-electron chi connectivity index (χ0n) is 11.2. The van der Waals surface area contributed by atoms with Gasteiger partial charge >= 0.3 is 5.97 Å². The maximum Gasteiger partial charge on any atom is 0.305 e. The maximum atomic E-state index is 10.2. The molecule has 0 spiro atoms. The Labute approximate surface area is 109 Å². The van der Waals surface area contributed by atoms with Crippen LogP contribution in [0.2, 0.25) is 0 Å². The maximum absolute atomic E-state index is 10.2. The zero-order chi connectivity index (χ0) is 13.5. The fraction of sp³-hybridized carbons (Fsp3) is 0.917. The van der Waals surface area contributed by atoms with Crippen LogP contribution in [-0.2, 0) is 19.0 Å². The number of rotatable bonds is 14. The first kappa shape index (κ1) is 17.3.